The summed E-state index contributed by atoms with van der Waals surface area (Å²) in [6.45, 7) is 5.71. The summed E-state index contributed by atoms with van der Waals surface area (Å²) in [4.78, 5) is 8.58. The van der Waals surface area contributed by atoms with E-state index in [1.54, 1.807) is 11.3 Å². The topological polar surface area (TPSA) is 36.4 Å². The zero-order valence-corrected chi connectivity index (χ0v) is 14.2. The molecule has 1 aliphatic carbocycles. The highest BCUT2D eigenvalue weighted by atomic mass is 32.1. The lowest BCUT2D eigenvalue weighted by molar-refractivity contribution is 0.283. The Morgan fingerprint density at radius 2 is 2.05 bits per heavy atom. The molecular formula is C17H28N2OS. The van der Waals surface area contributed by atoms with Crippen molar-refractivity contribution in [2.75, 3.05) is 11.4 Å². The molecule has 0 spiro atoms. The van der Waals surface area contributed by atoms with Crippen LogP contribution in [0.15, 0.2) is 0 Å². The fourth-order valence-electron chi connectivity index (χ4n) is 4.03. The number of aliphatic hydroxyl groups is 1. The number of aliphatic hydroxyl groups excluding tert-OH is 1. The first-order valence-electron chi connectivity index (χ1n) is 8.61. The molecule has 118 valence electrons. The van der Waals surface area contributed by atoms with Gasteiger partial charge in [0.05, 0.1) is 17.2 Å². The van der Waals surface area contributed by atoms with Crippen molar-refractivity contribution in [3.05, 3.63) is 10.6 Å². The van der Waals surface area contributed by atoms with Crippen LogP contribution >= 0.6 is 11.3 Å². The highest BCUT2D eigenvalue weighted by Gasteiger charge is 2.35. The number of hydrogen-bond acceptors (Lipinski definition) is 4. The van der Waals surface area contributed by atoms with E-state index in [0.29, 0.717) is 12.0 Å². The SMILES string of the molecule is CCC(C)c1nc(N2CCCC2C2CCCC2)sc1CO. The van der Waals surface area contributed by atoms with Crippen LogP contribution in [0.25, 0.3) is 0 Å². The number of anilines is 1. The lowest BCUT2D eigenvalue weighted by Crippen LogP contribution is -2.34. The second-order valence-electron chi connectivity index (χ2n) is 6.72. The zero-order valence-electron chi connectivity index (χ0n) is 13.3. The van der Waals surface area contributed by atoms with Gasteiger partial charge < -0.3 is 10.0 Å². The lowest BCUT2D eigenvalue weighted by atomic mass is 9.96. The summed E-state index contributed by atoms with van der Waals surface area (Å²) in [5.74, 6) is 1.32. The maximum atomic E-state index is 9.65. The summed E-state index contributed by atoms with van der Waals surface area (Å²) in [5.41, 5.74) is 1.14. The van der Waals surface area contributed by atoms with E-state index in [1.165, 1.54) is 43.7 Å². The van der Waals surface area contributed by atoms with Gasteiger partial charge in [0.15, 0.2) is 5.13 Å². The second kappa shape index (κ2) is 6.66. The fraction of sp³-hybridized carbons (Fsp3) is 0.824. The molecule has 1 saturated heterocycles. The van der Waals surface area contributed by atoms with E-state index in [0.717, 1.165) is 29.5 Å². The molecule has 21 heavy (non-hydrogen) atoms. The van der Waals surface area contributed by atoms with Gasteiger partial charge in [-0.05, 0) is 43.9 Å². The van der Waals surface area contributed by atoms with Crippen LogP contribution in [0.1, 0.15) is 75.3 Å². The average molecular weight is 308 g/mol. The first kappa shape index (κ1) is 15.3. The molecule has 2 atom stereocenters. The van der Waals surface area contributed by atoms with Crippen molar-refractivity contribution in [2.24, 2.45) is 5.92 Å². The number of hydrogen-bond donors (Lipinski definition) is 1. The minimum Gasteiger partial charge on any atom is -0.391 e. The van der Waals surface area contributed by atoms with Gasteiger partial charge in [0.1, 0.15) is 0 Å². The molecule has 2 unspecified atom stereocenters. The predicted molar refractivity (Wildman–Crippen MR) is 89.1 cm³/mol. The van der Waals surface area contributed by atoms with Crippen molar-refractivity contribution in [2.45, 2.75) is 77.4 Å². The predicted octanol–water partition coefficient (Wildman–Crippen LogP) is 4.31. The second-order valence-corrected chi connectivity index (χ2v) is 7.78. The van der Waals surface area contributed by atoms with Crippen molar-refractivity contribution >= 4 is 16.5 Å². The summed E-state index contributed by atoms with van der Waals surface area (Å²) in [6.07, 6.45) is 9.34. The standard InChI is InChI=1S/C17H28N2OS/c1-3-12(2)16-15(11-20)21-17(18-16)19-10-6-9-14(19)13-7-4-5-8-13/h12-14,20H,3-11H2,1-2H3. The Morgan fingerprint density at radius 3 is 2.71 bits per heavy atom. The van der Waals surface area contributed by atoms with Crippen molar-refractivity contribution in [1.29, 1.82) is 0 Å². The molecule has 0 amide bonds. The third kappa shape index (κ3) is 2.98. The molecule has 0 radical (unpaired) electrons. The normalized spacial score (nSPS) is 24.9. The maximum absolute atomic E-state index is 9.65. The van der Waals surface area contributed by atoms with E-state index >= 15 is 0 Å². The van der Waals surface area contributed by atoms with Crippen LogP contribution in [0.5, 0.6) is 0 Å². The van der Waals surface area contributed by atoms with Gasteiger partial charge >= 0.3 is 0 Å². The molecule has 2 fully saturated rings. The summed E-state index contributed by atoms with van der Waals surface area (Å²) in [5, 5.41) is 10.8. The molecule has 0 bridgehead atoms. The van der Waals surface area contributed by atoms with E-state index < -0.39 is 0 Å². The van der Waals surface area contributed by atoms with E-state index in [2.05, 4.69) is 18.7 Å². The van der Waals surface area contributed by atoms with E-state index in [-0.39, 0.29) is 6.61 Å². The van der Waals surface area contributed by atoms with E-state index in [9.17, 15) is 5.11 Å². The molecule has 2 heterocycles. The Bertz CT molecular complexity index is 467. The molecule has 3 rings (SSSR count). The molecule has 1 aliphatic heterocycles. The van der Waals surface area contributed by atoms with Gasteiger partial charge in [-0.15, -0.1) is 0 Å². The molecule has 1 aromatic heterocycles. The number of aromatic nitrogens is 1. The Hall–Kier alpha value is -0.610. The van der Waals surface area contributed by atoms with Crippen molar-refractivity contribution < 1.29 is 5.11 Å². The van der Waals surface area contributed by atoms with Crippen LogP contribution in [-0.4, -0.2) is 22.7 Å². The largest absolute Gasteiger partial charge is 0.391 e. The minimum absolute atomic E-state index is 0.138. The molecule has 1 aromatic rings. The average Bonchev–Trinajstić information content (AvgIpc) is 3.22. The highest BCUT2D eigenvalue weighted by molar-refractivity contribution is 7.15. The van der Waals surface area contributed by atoms with Gasteiger partial charge in [-0.2, -0.15) is 0 Å². The number of rotatable bonds is 5. The Balaban J connectivity index is 1.83. The Kier molecular flexibility index (Phi) is 4.85. The van der Waals surface area contributed by atoms with Gasteiger partial charge in [-0.3, -0.25) is 0 Å². The Labute approximate surface area is 132 Å². The van der Waals surface area contributed by atoms with Crippen molar-refractivity contribution in [1.82, 2.24) is 4.98 Å². The highest BCUT2D eigenvalue weighted by Crippen LogP contribution is 2.40. The molecule has 1 N–H and O–H groups in total. The van der Waals surface area contributed by atoms with Gasteiger partial charge in [0.25, 0.3) is 0 Å². The van der Waals surface area contributed by atoms with E-state index in [4.69, 9.17) is 4.98 Å². The quantitative estimate of drug-likeness (QED) is 0.880. The number of nitrogens with zero attached hydrogens (tertiary/aromatic N) is 2. The van der Waals surface area contributed by atoms with Gasteiger partial charge in [0.2, 0.25) is 0 Å². The van der Waals surface area contributed by atoms with E-state index in [1.807, 2.05) is 0 Å². The molecule has 3 nitrogen and oxygen atoms in total. The fourth-order valence-corrected chi connectivity index (χ4v) is 5.15. The lowest BCUT2D eigenvalue weighted by Gasteiger charge is -2.29. The summed E-state index contributed by atoms with van der Waals surface area (Å²) >= 11 is 1.73. The van der Waals surface area contributed by atoms with Gasteiger partial charge in [-0.1, -0.05) is 38.0 Å². The van der Waals surface area contributed by atoms with Crippen molar-refractivity contribution in [3.63, 3.8) is 0 Å². The first-order valence-corrected chi connectivity index (χ1v) is 9.43. The van der Waals surface area contributed by atoms with Crippen molar-refractivity contribution in [3.8, 4) is 0 Å². The molecule has 1 saturated carbocycles. The molecule has 2 aliphatic rings. The Morgan fingerprint density at radius 1 is 1.29 bits per heavy atom. The van der Waals surface area contributed by atoms with Gasteiger partial charge in [-0.25, -0.2) is 4.98 Å². The van der Waals surface area contributed by atoms with Gasteiger partial charge in [0, 0.05) is 12.6 Å². The zero-order chi connectivity index (χ0) is 14.8. The van der Waals surface area contributed by atoms with Crippen LogP contribution in [0.3, 0.4) is 0 Å². The minimum atomic E-state index is 0.138. The summed E-state index contributed by atoms with van der Waals surface area (Å²) in [7, 11) is 0. The summed E-state index contributed by atoms with van der Waals surface area (Å²) in [6, 6.07) is 0.704. The molecule has 0 aromatic carbocycles. The molecular weight excluding hydrogens is 280 g/mol. The molecule has 4 heteroatoms. The van der Waals surface area contributed by atoms with Crippen LogP contribution in [0, 0.1) is 5.92 Å². The number of thiazole rings is 1. The third-order valence-corrected chi connectivity index (χ3v) is 6.52. The first-order chi connectivity index (χ1) is 10.2. The van der Waals surface area contributed by atoms with Crippen LogP contribution in [0.2, 0.25) is 0 Å². The monoisotopic (exact) mass is 308 g/mol. The third-order valence-electron chi connectivity index (χ3n) is 5.43. The summed E-state index contributed by atoms with van der Waals surface area (Å²) < 4.78 is 0. The van der Waals surface area contributed by atoms with Crippen LogP contribution in [-0.2, 0) is 6.61 Å². The van der Waals surface area contributed by atoms with Crippen LogP contribution in [0.4, 0.5) is 5.13 Å². The smallest absolute Gasteiger partial charge is 0.186 e. The maximum Gasteiger partial charge on any atom is 0.186 e. The van der Waals surface area contributed by atoms with Crippen LogP contribution < -0.4 is 4.90 Å².